The molecule has 0 aliphatic rings. The van der Waals surface area contributed by atoms with E-state index in [-0.39, 0.29) is 5.91 Å². The first-order valence-corrected chi connectivity index (χ1v) is 7.36. The molecular weight excluding hydrogens is 230 g/mol. The van der Waals surface area contributed by atoms with E-state index in [2.05, 4.69) is 36.5 Å². The van der Waals surface area contributed by atoms with Crippen LogP contribution in [0.25, 0.3) is 0 Å². The summed E-state index contributed by atoms with van der Waals surface area (Å²) in [5, 5.41) is 2.88. The van der Waals surface area contributed by atoms with Gasteiger partial charge in [-0.1, -0.05) is 37.3 Å². The topological polar surface area (TPSA) is 29.1 Å². The molecule has 1 N–H and O–H groups in total. The fourth-order valence-electron chi connectivity index (χ4n) is 1.50. The Balaban J connectivity index is 1.99. The van der Waals surface area contributed by atoms with Crippen LogP contribution >= 0.6 is 11.8 Å². The SMILES string of the molecule is CCCNC(=O)CSCCCc1ccccc1. The number of rotatable bonds is 8. The molecule has 0 unspecified atom stereocenters. The predicted molar refractivity (Wildman–Crippen MR) is 75.4 cm³/mol. The lowest BCUT2D eigenvalue weighted by Crippen LogP contribution is -2.25. The molecule has 1 amide bonds. The van der Waals surface area contributed by atoms with Crippen molar-refractivity contribution >= 4 is 17.7 Å². The zero-order valence-corrected chi connectivity index (χ0v) is 11.3. The van der Waals surface area contributed by atoms with Crippen LogP contribution in [0.2, 0.25) is 0 Å². The van der Waals surface area contributed by atoms with Crippen molar-refractivity contribution in [2.75, 3.05) is 18.1 Å². The van der Waals surface area contributed by atoms with E-state index in [1.54, 1.807) is 11.8 Å². The second kappa shape index (κ2) is 9.11. The minimum absolute atomic E-state index is 0.163. The highest BCUT2D eigenvalue weighted by molar-refractivity contribution is 7.99. The van der Waals surface area contributed by atoms with Crippen LogP contribution in [0.3, 0.4) is 0 Å². The molecule has 0 aliphatic heterocycles. The summed E-state index contributed by atoms with van der Waals surface area (Å²) in [6.45, 7) is 2.86. The molecule has 0 spiro atoms. The first-order chi connectivity index (χ1) is 8.33. The summed E-state index contributed by atoms with van der Waals surface area (Å²) in [5.74, 6) is 1.81. The third-order valence-corrected chi connectivity index (χ3v) is 3.45. The van der Waals surface area contributed by atoms with Gasteiger partial charge in [-0.05, 0) is 30.6 Å². The molecule has 0 saturated heterocycles. The lowest BCUT2D eigenvalue weighted by molar-refractivity contribution is -0.118. The van der Waals surface area contributed by atoms with Gasteiger partial charge in [0.15, 0.2) is 0 Å². The highest BCUT2D eigenvalue weighted by atomic mass is 32.2. The maximum absolute atomic E-state index is 11.3. The largest absolute Gasteiger partial charge is 0.355 e. The Labute approximate surface area is 108 Å². The highest BCUT2D eigenvalue weighted by Crippen LogP contribution is 2.07. The molecular formula is C14H21NOS. The first-order valence-electron chi connectivity index (χ1n) is 6.21. The molecule has 2 nitrogen and oxygen atoms in total. The zero-order valence-electron chi connectivity index (χ0n) is 10.4. The second-order valence-corrected chi connectivity index (χ2v) is 5.10. The van der Waals surface area contributed by atoms with Crippen LogP contribution in [0.1, 0.15) is 25.3 Å². The van der Waals surface area contributed by atoms with Gasteiger partial charge in [0.25, 0.3) is 0 Å². The number of carbonyl (C=O) groups excluding carboxylic acids is 1. The monoisotopic (exact) mass is 251 g/mol. The Bertz CT molecular complexity index is 313. The fourth-order valence-corrected chi connectivity index (χ4v) is 2.28. The molecule has 0 atom stereocenters. The Morgan fingerprint density at radius 1 is 1.29 bits per heavy atom. The van der Waals surface area contributed by atoms with Gasteiger partial charge >= 0.3 is 0 Å². The molecule has 0 aromatic heterocycles. The fraction of sp³-hybridized carbons (Fsp3) is 0.500. The van der Waals surface area contributed by atoms with E-state index >= 15 is 0 Å². The predicted octanol–water partition coefficient (Wildman–Crippen LogP) is 2.88. The summed E-state index contributed by atoms with van der Waals surface area (Å²) in [7, 11) is 0. The Morgan fingerprint density at radius 2 is 2.06 bits per heavy atom. The Hall–Kier alpha value is -0.960. The van der Waals surface area contributed by atoms with Crippen LogP contribution in [-0.4, -0.2) is 24.0 Å². The normalized spacial score (nSPS) is 10.2. The number of amides is 1. The van der Waals surface area contributed by atoms with E-state index < -0.39 is 0 Å². The highest BCUT2D eigenvalue weighted by Gasteiger charge is 1.99. The van der Waals surface area contributed by atoms with Gasteiger partial charge in [0.1, 0.15) is 0 Å². The van der Waals surface area contributed by atoms with E-state index in [1.165, 1.54) is 5.56 Å². The Morgan fingerprint density at radius 3 is 2.76 bits per heavy atom. The van der Waals surface area contributed by atoms with Crippen LogP contribution in [0.5, 0.6) is 0 Å². The van der Waals surface area contributed by atoms with Crippen molar-refractivity contribution < 1.29 is 4.79 Å². The van der Waals surface area contributed by atoms with Gasteiger partial charge in [0.2, 0.25) is 5.91 Å². The smallest absolute Gasteiger partial charge is 0.229 e. The summed E-state index contributed by atoms with van der Waals surface area (Å²) in [6, 6.07) is 10.5. The van der Waals surface area contributed by atoms with Crippen molar-refractivity contribution in [1.29, 1.82) is 0 Å². The first kappa shape index (κ1) is 14.1. The van der Waals surface area contributed by atoms with Crippen molar-refractivity contribution in [3.05, 3.63) is 35.9 Å². The number of nitrogens with one attached hydrogen (secondary N) is 1. The molecule has 1 aromatic carbocycles. The molecule has 0 radical (unpaired) electrons. The average molecular weight is 251 g/mol. The van der Waals surface area contributed by atoms with Crippen LogP contribution in [-0.2, 0) is 11.2 Å². The lowest BCUT2D eigenvalue weighted by Gasteiger charge is -2.03. The number of benzene rings is 1. The van der Waals surface area contributed by atoms with E-state index in [0.29, 0.717) is 5.75 Å². The van der Waals surface area contributed by atoms with Gasteiger partial charge in [-0.15, -0.1) is 0 Å². The standard InChI is InChI=1S/C14H21NOS/c1-2-10-15-14(16)12-17-11-6-9-13-7-4-3-5-8-13/h3-5,7-8H,2,6,9-12H2,1H3,(H,15,16). The molecule has 1 rings (SSSR count). The molecule has 17 heavy (non-hydrogen) atoms. The third kappa shape index (κ3) is 7.05. The van der Waals surface area contributed by atoms with Crippen LogP contribution in [0.15, 0.2) is 30.3 Å². The van der Waals surface area contributed by atoms with Gasteiger partial charge in [-0.3, -0.25) is 4.79 Å². The molecule has 0 bridgehead atoms. The molecule has 3 heteroatoms. The Kier molecular flexibility index (Phi) is 7.56. The third-order valence-electron chi connectivity index (χ3n) is 2.40. The summed E-state index contributed by atoms with van der Waals surface area (Å²) in [5.41, 5.74) is 1.38. The summed E-state index contributed by atoms with van der Waals surface area (Å²) in [4.78, 5) is 11.3. The van der Waals surface area contributed by atoms with Gasteiger partial charge in [-0.2, -0.15) is 11.8 Å². The van der Waals surface area contributed by atoms with Crippen molar-refractivity contribution in [2.45, 2.75) is 26.2 Å². The van der Waals surface area contributed by atoms with E-state index in [4.69, 9.17) is 0 Å². The van der Waals surface area contributed by atoms with Crippen molar-refractivity contribution in [2.24, 2.45) is 0 Å². The molecule has 0 heterocycles. The van der Waals surface area contributed by atoms with E-state index in [1.807, 2.05) is 6.07 Å². The summed E-state index contributed by atoms with van der Waals surface area (Å²) < 4.78 is 0. The van der Waals surface area contributed by atoms with Gasteiger partial charge < -0.3 is 5.32 Å². The maximum atomic E-state index is 11.3. The molecule has 1 aromatic rings. The second-order valence-electron chi connectivity index (χ2n) is 3.99. The number of hydrogen-bond donors (Lipinski definition) is 1. The zero-order chi connectivity index (χ0) is 12.3. The number of aryl methyl sites for hydroxylation is 1. The number of carbonyl (C=O) groups is 1. The van der Waals surface area contributed by atoms with Crippen molar-refractivity contribution in [3.8, 4) is 0 Å². The maximum Gasteiger partial charge on any atom is 0.229 e. The molecule has 0 fully saturated rings. The number of thioether (sulfide) groups is 1. The average Bonchev–Trinajstić information content (AvgIpc) is 2.37. The van der Waals surface area contributed by atoms with Gasteiger partial charge in [0.05, 0.1) is 5.75 Å². The molecule has 94 valence electrons. The van der Waals surface area contributed by atoms with E-state index in [9.17, 15) is 4.79 Å². The van der Waals surface area contributed by atoms with Crippen molar-refractivity contribution in [3.63, 3.8) is 0 Å². The quantitative estimate of drug-likeness (QED) is 0.720. The lowest BCUT2D eigenvalue weighted by atomic mass is 10.1. The van der Waals surface area contributed by atoms with E-state index in [0.717, 1.165) is 31.6 Å². The summed E-state index contributed by atoms with van der Waals surface area (Å²) >= 11 is 1.72. The van der Waals surface area contributed by atoms with Gasteiger partial charge in [0, 0.05) is 6.54 Å². The summed E-state index contributed by atoms with van der Waals surface area (Å²) in [6.07, 6.45) is 3.24. The molecule has 0 aliphatic carbocycles. The van der Waals surface area contributed by atoms with Crippen LogP contribution in [0.4, 0.5) is 0 Å². The molecule has 0 saturated carbocycles. The van der Waals surface area contributed by atoms with Crippen LogP contribution < -0.4 is 5.32 Å². The number of hydrogen-bond acceptors (Lipinski definition) is 2. The minimum Gasteiger partial charge on any atom is -0.355 e. The minimum atomic E-state index is 0.163. The van der Waals surface area contributed by atoms with Crippen molar-refractivity contribution in [1.82, 2.24) is 5.32 Å². The van der Waals surface area contributed by atoms with Gasteiger partial charge in [-0.25, -0.2) is 0 Å². The van der Waals surface area contributed by atoms with Crippen LogP contribution in [0, 0.1) is 0 Å².